The number of nitrogens with zero attached hydrogens (tertiary/aromatic N) is 5. The van der Waals surface area contributed by atoms with Gasteiger partial charge in [0.05, 0.1) is 17.8 Å². The van der Waals surface area contributed by atoms with E-state index in [1.54, 1.807) is 0 Å². The van der Waals surface area contributed by atoms with Crippen LogP contribution in [0.15, 0.2) is 24.3 Å². The topological polar surface area (TPSA) is 60.0 Å². The van der Waals surface area contributed by atoms with Gasteiger partial charge in [0.1, 0.15) is 22.7 Å². The minimum absolute atomic E-state index is 0.00241. The van der Waals surface area contributed by atoms with Gasteiger partial charge in [-0.3, -0.25) is 9.69 Å². The lowest BCUT2D eigenvalue weighted by Gasteiger charge is -2.38. The van der Waals surface area contributed by atoms with Crippen molar-refractivity contribution in [1.29, 1.82) is 0 Å². The molecule has 2 aromatic rings. The van der Waals surface area contributed by atoms with E-state index in [0.717, 1.165) is 41.1 Å². The molecule has 0 spiro atoms. The number of carbonyl (C=O) groups excluding carboxylic acids is 2. The molecule has 2 fully saturated rings. The van der Waals surface area contributed by atoms with E-state index < -0.39 is 46.4 Å². The third-order valence-corrected chi connectivity index (χ3v) is 6.65. The zero-order valence-electron chi connectivity index (χ0n) is 19.6. The Labute approximate surface area is 209 Å². The van der Waals surface area contributed by atoms with Crippen molar-refractivity contribution >= 4 is 35.0 Å². The summed E-state index contributed by atoms with van der Waals surface area (Å²) in [5.74, 6) is -3.20. The summed E-state index contributed by atoms with van der Waals surface area (Å²) in [7, 11) is 3.12. The number of benzene rings is 1. The van der Waals surface area contributed by atoms with Crippen molar-refractivity contribution in [2.45, 2.75) is 19.1 Å². The summed E-state index contributed by atoms with van der Waals surface area (Å²) in [5, 5.41) is -0.808. The Hall–Kier alpha value is -2.99. The van der Waals surface area contributed by atoms with Crippen LogP contribution in [0.1, 0.15) is 11.3 Å². The van der Waals surface area contributed by atoms with Crippen LogP contribution >= 0.6 is 11.6 Å². The number of aryl methyl sites for hydroxylation is 1. The monoisotopic (exact) mass is 531 g/mol. The number of hydrogen-bond donors (Lipinski definition) is 0. The second-order valence-electron chi connectivity index (χ2n) is 9.11. The Bertz CT molecular complexity index is 1200. The standard InChI is InChI=1S/C23H23ClF5N5O2/c1-12-6-14(23(27,28)29)7-18(30-12)34-17(11-33(22(34)36)10-13-8-31(2)9-13)21(35)32(3)16-5-4-15(25)19(24)20(16)26/h4-7,13,17H,8-11H2,1-3H3/t17-/m0/s1. The van der Waals surface area contributed by atoms with E-state index in [4.69, 9.17) is 11.6 Å². The number of amides is 3. The van der Waals surface area contributed by atoms with Gasteiger partial charge >= 0.3 is 12.2 Å². The van der Waals surface area contributed by atoms with Crippen molar-refractivity contribution in [2.24, 2.45) is 5.92 Å². The summed E-state index contributed by atoms with van der Waals surface area (Å²) in [6, 6.07) is 1.47. The van der Waals surface area contributed by atoms with Crippen LogP contribution in [-0.2, 0) is 11.0 Å². The Kier molecular flexibility index (Phi) is 6.86. The van der Waals surface area contributed by atoms with Crippen molar-refractivity contribution in [3.63, 3.8) is 0 Å². The summed E-state index contributed by atoms with van der Waals surface area (Å²) < 4.78 is 68.7. The fourth-order valence-corrected chi connectivity index (χ4v) is 4.72. The first-order chi connectivity index (χ1) is 16.8. The largest absolute Gasteiger partial charge is 0.416 e. The number of likely N-dealkylation sites (tertiary alicyclic amines) is 1. The van der Waals surface area contributed by atoms with Crippen LogP contribution in [-0.4, -0.2) is 73.0 Å². The Morgan fingerprint density at radius 2 is 1.86 bits per heavy atom. The molecular weight excluding hydrogens is 509 g/mol. The molecule has 2 aliphatic heterocycles. The Balaban J connectivity index is 1.72. The summed E-state index contributed by atoms with van der Waals surface area (Å²) in [6.45, 7) is 2.95. The van der Waals surface area contributed by atoms with Gasteiger partial charge < -0.3 is 14.7 Å². The molecule has 1 aromatic carbocycles. The summed E-state index contributed by atoms with van der Waals surface area (Å²) >= 11 is 5.65. The van der Waals surface area contributed by atoms with Gasteiger partial charge in [0.2, 0.25) is 0 Å². The predicted molar refractivity (Wildman–Crippen MR) is 123 cm³/mol. The maximum Gasteiger partial charge on any atom is 0.416 e. The Morgan fingerprint density at radius 1 is 1.19 bits per heavy atom. The van der Waals surface area contributed by atoms with Crippen molar-refractivity contribution in [2.75, 3.05) is 50.1 Å². The molecule has 194 valence electrons. The van der Waals surface area contributed by atoms with Gasteiger partial charge in [-0.25, -0.2) is 18.6 Å². The molecule has 0 bridgehead atoms. The van der Waals surface area contributed by atoms with Crippen LogP contribution in [0.25, 0.3) is 0 Å². The zero-order chi connectivity index (χ0) is 26.5. The van der Waals surface area contributed by atoms with Crippen LogP contribution in [0.4, 0.5) is 38.3 Å². The summed E-state index contributed by atoms with van der Waals surface area (Å²) in [6.07, 6.45) is -4.70. The molecule has 0 radical (unpaired) electrons. The number of carbonyl (C=O) groups is 2. The summed E-state index contributed by atoms with van der Waals surface area (Å²) in [5.41, 5.74) is -1.36. The molecule has 0 aliphatic carbocycles. The molecule has 0 N–H and O–H groups in total. The molecule has 36 heavy (non-hydrogen) atoms. The highest BCUT2D eigenvalue weighted by Crippen LogP contribution is 2.35. The van der Waals surface area contributed by atoms with E-state index in [2.05, 4.69) is 4.98 Å². The van der Waals surface area contributed by atoms with Crippen molar-refractivity contribution in [3.05, 3.63) is 52.2 Å². The molecule has 2 saturated heterocycles. The number of aromatic nitrogens is 1. The average Bonchev–Trinajstić information content (AvgIpc) is 3.10. The van der Waals surface area contributed by atoms with Gasteiger partial charge in [-0.05, 0) is 38.2 Å². The molecule has 1 atom stereocenters. The van der Waals surface area contributed by atoms with Gasteiger partial charge in [-0.2, -0.15) is 13.2 Å². The molecule has 13 heteroatoms. The first-order valence-corrected chi connectivity index (χ1v) is 11.4. The maximum absolute atomic E-state index is 14.6. The van der Waals surface area contributed by atoms with E-state index in [9.17, 15) is 31.5 Å². The fraction of sp³-hybridized carbons (Fsp3) is 0.435. The van der Waals surface area contributed by atoms with Crippen molar-refractivity contribution in [1.82, 2.24) is 14.8 Å². The minimum Gasteiger partial charge on any atom is -0.321 e. The summed E-state index contributed by atoms with van der Waals surface area (Å²) in [4.78, 5) is 36.2. The fourth-order valence-electron chi connectivity index (χ4n) is 4.56. The molecule has 2 aliphatic rings. The highest BCUT2D eigenvalue weighted by molar-refractivity contribution is 6.31. The number of alkyl halides is 3. The second-order valence-corrected chi connectivity index (χ2v) is 9.48. The van der Waals surface area contributed by atoms with Crippen molar-refractivity contribution in [3.8, 4) is 0 Å². The van der Waals surface area contributed by atoms with E-state index in [-0.39, 0.29) is 29.7 Å². The minimum atomic E-state index is -4.70. The molecule has 4 rings (SSSR count). The van der Waals surface area contributed by atoms with Gasteiger partial charge in [0.25, 0.3) is 5.91 Å². The van der Waals surface area contributed by atoms with E-state index in [1.165, 1.54) is 18.9 Å². The molecule has 0 unspecified atom stereocenters. The van der Waals surface area contributed by atoms with Gasteiger partial charge in [0.15, 0.2) is 5.82 Å². The lowest BCUT2D eigenvalue weighted by molar-refractivity contribution is -0.137. The van der Waals surface area contributed by atoms with Crippen LogP contribution in [0.3, 0.4) is 0 Å². The van der Waals surface area contributed by atoms with Crippen LogP contribution in [0, 0.1) is 24.5 Å². The number of likely N-dealkylation sites (N-methyl/N-ethyl adjacent to an activating group) is 1. The van der Waals surface area contributed by atoms with Gasteiger partial charge in [-0.1, -0.05) is 11.6 Å². The molecule has 0 saturated carbocycles. The number of anilines is 2. The number of halogens is 6. The molecule has 7 nitrogen and oxygen atoms in total. The second kappa shape index (κ2) is 9.47. The quantitative estimate of drug-likeness (QED) is 0.429. The van der Waals surface area contributed by atoms with Crippen LogP contribution < -0.4 is 9.80 Å². The van der Waals surface area contributed by atoms with Crippen LogP contribution in [0.2, 0.25) is 5.02 Å². The first kappa shape index (κ1) is 26.1. The van der Waals surface area contributed by atoms with E-state index in [1.807, 2.05) is 11.9 Å². The van der Waals surface area contributed by atoms with E-state index in [0.29, 0.717) is 12.6 Å². The molecular formula is C23H23ClF5N5O2. The predicted octanol–water partition coefficient (Wildman–Crippen LogP) is 4.18. The number of urea groups is 1. The molecule has 3 amide bonds. The third kappa shape index (κ3) is 4.83. The van der Waals surface area contributed by atoms with Crippen LogP contribution in [0.5, 0.6) is 0 Å². The SMILES string of the molecule is Cc1cc(C(F)(F)F)cc(N2C(=O)N(CC3CN(C)C3)C[C@H]2C(=O)N(C)c2ccc(F)c(Cl)c2F)n1. The smallest absolute Gasteiger partial charge is 0.321 e. The van der Waals surface area contributed by atoms with E-state index >= 15 is 0 Å². The van der Waals surface area contributed by atoms with Crippen molar-refractivity contribution < 1.29 is 31.5 Å². The van der Waals surface area contributed by atoms with Gasteiger partial charge in [-0.15, -0.1) is 0 Å². The number of rotatable bonds is 5. The molecule has 1 aromatic heterocycles. The van der Waals surface area contributed by atoms with Gasteiger partial charge in [0, 0.05) is 38.3 Å². The normalized spacial score (nSPS) is 19.1. The first-order valence-electron chi connectivity index (χ1n) is 11.0. The lowest BCUT2D eigenvalue weighted by atomic mass is 10.0. The number of pyridine rings is 1. The average molecular weight is 532 g/mol. The Morgan fingerprint density at radius 3 is 2.47 bits per heavy atom. The highest BCUT2D eigenvalue weighted by atomic mass is 35.5. The maximum atomic E-state index is 14.6. The molecule has 3 heterocycles. The zero-order valence-corrected chi connectivity index (χ0v) is 20.4. The lowest BCUT2D eigenvalue weighted by Crippen LogP contribution is -2.50. The number of hydrogen-bond acceptors (Lipinski definition) is 4. The highest BCUT2D eigenvalue weighted by Gasteiger charge is 2.46. The third-order valence-electron chi connectivity index (χ3n) is 6.31.